The third-order valence-corrected chi connectivity index (χ3v) is 4.60. The molecule has 7 heteroatoms. The average Bonchev–Trinajstić information content (AvgIpc) is 3.43. The Balaban J connectivity index is 1.77. The van der Waals surface area contributed by atoms with Gasteiger partial charge in [0.15, 0.2) is 0 Å². The summed E-state index contributed by atoms with van der Waals surface area (Å²) >= 11 is 0. The standard InChI is InChI=1S/C20H30N4O3/c1-14-5-4-6-15(2)20(14)23-19(27)13-24(17-7-8-17)12-9-18(26)22-11-10-21-16(3)25/h4-6,17H,7-13H2,1-3H3,(H,21,25)(H,22,26)(H,23,27). The van der Waals surface area contributed by atoms with Gasteiger partial charge in [0.2, 0.25) is 17.7 Å². The number of benzene rings is 1. The van der Waals surface area contributed by atoms with E-state index in [1.54, 1.807) is 0 Å². The van der Waals surface area contributed by atoms with Gasteiger partial charge in [0.1, 0.15) is 0 Å². The van der Waals surface area contributed by atoms with Crippen LogP contribution < -0.4 is 16.0 Å². The van der Waals surface area contributed by atoms with Crippen molar-refractivity contribution in [3.63, 3.8) is 0 Å². The van der Waals surface area contributed by atoms with Crippen molar-refractivity contribution < 1.29 is 14.4 Å². The van der Waals surface area contributed by atoms with Crippen molar-refractivity contribution >= 4 is 23.4 Å². The van der Waals surface area contributed by atoms with Crippen LogP contribution in [0.5, 0.6) is 0 Å². The largest absolute Gasteiger partial charge is 0.355 e. The Hall–Kier alpha value is -2.41. The molecule has 1 fully saturated rings. The molecule has 3 N–H and O–H groups in total. The molecule has 1 aliphatic rings. The zero-order chi connectivity index (χ0) is 19.8. The van der Waals surface area contributed by atoms with Crippen LogP contribution in [0.15, 0.2) is 18.2 Å². The number of anilines is 1. The Kier molecular flexibility index (Phi) is 7.79. The maximum Gasteiger partial charge on any atom is 0.238 e. The lowest BCUT2D eigenvalue weighted by Gasteiger charge is -2.22. The van der Waals surface area contributed by atoms with Crippen molar-refractivity contribution in [3.8, 4) is 0 Å². The van der Waals surface area contributed by atoms with Crippen molar-refractivity contribution in [1.29, 1.82) is 0 Å². The second kappa shape index (κ2) is 10.1. The Morgan fingerprint density at radius 2 is 1.67 bits per heavy atom. The van der Waals surface area contributed by atoms with Crippen LogP contribution in [0.1, 0.15) is 37.3 Å². The van der Waals surface area contributed by atoms with Crippen LogP contribution in [-0.2, 0) is 14.4 Å². The van der Waals surface area contributed by atoms with E-state index in [-0.39, 0.29) is 24.3 Å². The second-order valence-electron chi connectivity index (χ2n) is 7.10. The van der Waals surface area contributed by atoms with E-state index in [1.165, 1.54) is 6.92 Å². The highest BCUT2D eigenvalue weighted by Crippen LogP contribution is 2.27. The molecular formula is C20H30N4O3. The van der Waals surface area contributed by atoms with Gasteiger partial charge in [0, 0.05) is 44.7 Å². The number of nitrogens with zero attached hydrogens (tertiary/aromatic N) is 1. The molecule has 0 saturated heterocycles. The maximum atomic E-state index is 12.5. The minimum absolute atomic E-state index is 0.0506. The molecule has 1 aromatic carbocycles. The van der Waals surface area contributed by atoms with Gasteiger partial charge in [0.05, 0.1) is 6.54 Å². The van der Waals surface area contributed by atoms with E-state index >= 15 is 0 Å². The number of hydrogen-bond acceptors (Lipinski definition) is 4. The SMILES string of the molecule is CC(=O)NCCNC(=O)CCN(CC(=O)Nc1c(C)cccc1C)C1CC1. The summed E-state index contributed by atoms with van der Waals surface area (Å²) in [5, 5.41) is 8.43. The molecule has 0 atom stereocenters. The highest BCUT2D eigenvalue weighted by Gasteiger charge is 2.30. The number of aryl methyl sites for hydroxylation is 2. The summed E-state index contributed by atoms with van der Waals surface area (Å²) in [7, 11) is 0. The third-order valence-electron chi connectivity index (χ3n) is 4.60. The molecular weight excluding hydrogens is 344 g/mol. The normalized spacial score (nSPS) is 13.3. The summed E-state index contributed by atoms with van der Waals surface area (Å²) in [5.41, 5.74) is 2.95. The topological polar surface area (TPSA) is 90.5 Å². The van der Waals surface area contributed by atoms with E-state index in [4.69, 9.17) is 0 Å². The zero-order valence-electron chi connectivity index (χ0n) is 16.4. The molecule has 1 aliphatic carbocycles. The first-order valence-corrected chi connectivity index (χ1v) is 9.48. The van der Waals surface area contributed by atoms with Gasteiger partial charge in [-0.25, -0.2) is 0 Å². The number of amides is 3. The van der Waals surface area contributed by atoms with Gasteiger partial charge in [-0.3, -0.25) is 19.3 Å². The van der Waals surface area contributed by atoms with Gasteiger partial charge in [-0.05, 0) is 37.8 Å². The molecule has 0 spiro atoms. The van der Waals surface area contributed by atoms with Gasteiger partial charge in [0.25, 0.3) is 0 Å². The molecule has 148 valence electrons. The Morgan fingerprint density at radius 3 is 2.26 bits per heavy atom. The Bertz CT molecular complexity index is 666. The summed E-state index contributed by atoms with van der Waals surface area (Å²) in [6, 6.07) is 6.32. The Morgan fingerprint density at radius 1 is 1.04 bits per heavy atom. The lowest BCUT2D eigenvalue weighted by molar-refractivity contribution is -0.123. The smallest absolute Gasteiger partial charge is 0.238 e. The van der Waals surface area contributed by atoms with Crippen LogP contribution in [-0.4, -0.2) is 54.8 Å². The summed E-state index contributed by atoms with van der Waals surface area (Å²) in [6.45, 7) is 7.08. The minimum atomic E-state index is -0.112. The lowest BCUT2D eigenvalue weighted by atomic mass is 10.1. The fourth-order valence-electron chi connectivity index (χ4n) is 2.98. The minimum Gasteiger partial charge on any atom is -0.355 e. The van der Waals surface area contributed by atoms with Gasteiger partial charge in [-0.2, -0.15) is 0 Å². The molecule has 1 saturated carbocycles. The average molecular weight is 374 g/mol. The summed E-state index contributed by atoms with van der Waals surface area (Å²) in [6.07, 6.45) is 2.48. The Labute approximate surface area is 160 Å². The maximum absolute atomic E-state index is 12.5. The highest BCUT2D eigenvalue weighted by atomic mass is 16.2. The molecule has 0 radical (unpaired) electrons. The van der Waals surface area contributed by atoms with Gasteiger partial charge in [-0.15, -0.1) is 0 Å². The monoisotopic (exact) mass is 374 g/mol. The number of carbonyl (C=O) groups excluding carboxylic acids is 3. The van der Waals surface area contributed by atoms with Gasteiger partial charge in [-0.1, -0.05) is 18.2 Å². The second-order valence-corrected chi connectivity index (χ2v) is 7.10. The van der Waals surface area contributed by atoms with Crippen LogP contribution in [0.2, 0.25) is 0 Å². The third kappa shape index (κ3) is 7.38. The van der Waals surface area contributed by atoms with Gasteiger partial charge < -0.3 is 16.0 Å². The molecule has 0 aliphatic heterocycles. The molecule has 0 heterocycles. The number of nitrogens with one attached hydrogen (secondary N) is 3. The number of hydrogen-bond donors (Lipinski definition) is 3. The molecule has 0 unspecified atom stereocenters. The molecule has 2 rings (SSSR count). The first kappa shape index (κ1) is 20.9. The lowest BCUT2D eigenvalue weighted by Crippen LogP contribution is -2.39. The molecule has 3 amide bonds. The summed E-state index contributed by atoms with van der Waals surface area (Å²) in [5.74, 6) is -0.231. The van der Waals surface area contributed by atoms with E-state index in [1.807, 2.05) is 32.0 Å². The van der Waals surface area contributed by atoms with Crippen LogP contribution in [0.4, 0.5) is 5.69 Å². The van der Waals surface area contributed by atoms with Crippen molar-refractivity contribution in [3.05, 3.63) is 29.3 Å². The molecule has 7 nitrogen and oxygen atoms in total. The first-order valence-electron chi connectivity index (χ1n) is 9.48. The molecule has 27 heavy (non-hydrogen) atoms. The number of carbonyl (C=O) groups is 3. The first-order chi connectivity index (χ1) is 12.9. The molecule has 0 aromatic heterocycles. The zero-order valence-corrected chi connectivity index (χ0v) is 16.4. The predicted octanol–water partition coefficient (Wildman–Crippen LogP) is 1.35. The highest BCUT2D eigenvalue weighted by molar-refractivity contribution is 5.93. The fourth-order valence-corrected chi connectivity index (χ4v) is 2.98. The molecule has 0 bridgehead atoms. The van der Waals surface area contributed by atoms with E-state index in [2.05, 4.69) is 20.9 Å². The van der Waals surface area contributed by atoms with E-state index < -0.39 is 0 Å². The van der Waals surface area contributed by atoms with Crippen LogP contribution >= 0.6 is 0 Å². The quantitative estimate of drug-likeness (QED) is 0.539. The van der Waals surface area contributed by atoms with E-state index in [9.17, 15) is 14.4 Å². The van der Waals surface area contributed by atoms with Crippen LogP contribution in [0, 0.1) is 13.8 Å². The van der Waals surface area contributed by atoms with Crippen LogP contribution in [0.3, 0.4) is 0 Å². The number of rotatable bonds is 10. The van der Waals surface area contributed by atoms with Gasteiger partial charge >= 0.3 is 0 Å². The van der Waals surface area contributed by atoms with Crippen molar-refractivity contribution in [2.24, 2.45) is 0 Å². The van der Waals surface area contributed by atoms with E-state index in [0.717, 1.165) is 29.7 Å². The summed E-state index contributed by atoms with van der Waals surface area (Å²) < 4.78 is 0. The summed E-state index contributed by atoms with van der Waals surface area (Å²) in [4.78, 5) is 37.3. The van der Waals surface area contributed by atoms with Crippen molar-refractivity contribution in [2.75, 3.05) is 31.5 Å². The van der Waals surface area contributed by atoms with Crippen molar-refractivity contribution in [1.82, 2.24) is 15.5 Å². The number of para-hydroxylation sites is 1. The van der Waals surface area contributed by atoms with Crippen LogP contribution in [0.25, 0.3) is 0 Å². The van der Waals surface area contributed by atoms with Crippen molar-refractivity contribution in [2.45, 2.75) is 46.1 Å². The van der Waals surface area contributed by atoms with E-state index in [0.29, 0.717) is 32.1 Å². The molecule has 1 aromatic rings. The fraction of sp³-hybridized carbons (Fsp3) is 0.550. The predicted molar refractivity (Wildman–Crippen MR) is 105 cm³/mol.